The number of aromatic nitrogens is 1. The summed E-state index contributed by atoms with van der Waals surface area (Å²) in [5, 5.41) is 1.14. The van der Waals surface area contributed by atoms with E-state index in [0.29, 0.717) is 13.2 Å². The molecular formula is C28H32N2O3. The van der Waals surface area contributed by atoms with Crippen LogP contribution >= 0.6 is 0 Å². The SMILES string of the molecule is CCC(CCN(C)C(=O)C1CC1)C1(c2ccc(-c3ccc4cccnc4c3)cc2)OCCO1. The predicted molar refractivity (Wildman–Crippen MR) is 130 cm³/mol. The first-order chi connectivity index (χ1) is 16.1. The molecule has 1 aromatic heterocycles. The highest BCUT2D eigenvalue weighted by Crippen LogP contribution is 2.43. The lowest BCUT2D eigenvalue weighted by Gasteiger charge is -2.36. The molecule has 1 atom stereocenters. The van der Waals surface area contributed by atoms with E-state index in [-0.39, 0.29) is 17.7 Å². The molecule has 0 radical (unpaired) electrons. The average molecular weight is 445 g/mol. The van der Waals surface area contributed by atoms with Crippen molar-refractivity contribution < 1.29 is 14.3 Å². The lowest BCUT2D eigenvalue weighted by molar-refractivity contribution is -0.208. The molecule has 1 unspecified atom stereocenters. The molecule has 2 aromatic carbocycles. The predicted octanol–water partition coefficient (Wildman–Crippen LogP) is 5.39. The summed E-state index contributed by atoms with van der Waals surface area (Å²) < 4.78 is 12.6. The molecule has 0 N–H and O–H groups in total. The number of rotatable bonds is 8. The van der Waals surface area contributed by atoms with Gasteiger partial charge >= 0.3 is 0 Å². The summed E-state index contributed by atoms with van der Waals surface area (Å²) in [6.45, 7) is 4.08. The number of hydrogen-bond acceptors (Lipinski definition) is 4. The molecule has 5 nitrogen and oxygen atoms in total. The Morgan fingerprint density at radius 1 is 1.09 bits per heavy atom. The van der Waals surface area contributed by atoms with Crippen molar-refractivity contribution in [3.8, 4) is 11.1 Å². The molecule has 172 valence electrons. The molecule has 1 amide bonds. The molecule has 5 heteroatoms. The van der Waals surface area contributed by atoms with Crippen LogP contribution in [0.25, 0.3) is 22.0 Å². The normalized spacial score (nSPS) is 18.4. The Morgan fingerprint density at radius 3 is 2.52 bits per heavy atom. The highest BCUT2D eigenvalue weighted by molar-refractivity contribution is 5.84. The molecule has 5 rings (SSSR count). The third kappa shape index (κ3) is 4.40. The second-order valence-electron chi connectivity index (χ2n) is 9.28. The third-order valence-electron chi connectivity index (χ3n) is 7.09. The molecule has 2 aliphatic rings. The summed E-state index contributed by atoms with van der Waals surface area (Å²) in [7, 11) is 1.92. The zero-order chi connectivity index (χ0) is 22.8. The Kier molecular flexibility index (Phi) is 6.17. The van der Waals surface area contributed by atoms with E-state index in [0.717, 1.165) is 59.8 Å². The van der Waals surface area contributed by atoms with Crippen LogP contribution in [-0.2, 0) is 20.1 Å². The first kappa shape index (κ1) is 22.1. The number of fused-ring (bicyclic) bond motifs is 1. The number of hydrogen-bond donors (Lipinski definition) is 0. The van der Waals surface area contributed by atoms with Crippen LogP contribution in [0.4, 0.5) is 0 Å². The topological polar surface area (TPSA) is 51.7 Å². The van der Waals surface area contributed by atoms with Gasteiger partial charge in [-0.05, 0) is 48.9 Å². The Morgan fingerprint density at radius 2 is 1.82 bits per heavy atom. The number of amides is 1. The zero-order valence-corrected chi connectivity index (χ0v) is 19.5. The van der Waals surface area contributed by atoms with Crippen LogP contribution in [-0.4, -0.2) is 42.6 Å². The maximum Gasteiger partial charge on any atom is 0.225 e. The van der Waals surface area contributed by atoms with Crippen molar-refractivity contribution in [2.24, 2.45) is 11.8 Å². The Hall–Kier alpha value is -2.76. The van der Waals surface area contributed by atoms with Crippen molar-refractivity contribution in [2.75, 3.05) is 26.8 Å². The van der Waals surface area contributed by atoms with Gasteiger partial charge in [-0.25, -0.2) is 0 Å². The molecule has 3 aromatic rings. The smallest absolute Gasteiger partial charge is 0.225 e. The van der Waals surface area contributed by atoms with Crippen LogP contribution in [0.1, 0.15) is 38.2 Å². The largest absolute Gasteiger partial charge is 0.346 e. The Labute approximate surface area is 195 Å². The number of pyridine rings is 1. The molecule has 0 bridgehead atoms. The minimum atomic E-state index is -0.748. The van der Waals surface area contributed by atoms with Gasteiger partial charge in [0.25, 0.3) is 0 Å². The highest BCUT2D eigenvalue weighted by Gasteiger charge is 2.45. The van der Waals surface area contributed by atoms with E-state index in [2.05, 4.69) is 60.4 Å². The molecule has 1 aliphatic heterocycles. The van der Waals surface area contributed by atoms with Crippen molar-refractivity contribution in [3.63, 3.8) is 0 Å². The molecule has 2 heterocycles. The molecule has 33 heavy (non-hydrogen) atoms. The van der Waals surface area contributed by atoms with E-state index in [1.807, 2.05) is 24.2 Å². The van der Waals surface area contributed by atoms with Gasteiger partial charge in [-0.2, -0.15) is 0 Å². The minimum Gasteiger partial charge on any atom is -0.346 e. The maximum absolute atomic E-state index is 12.4. The summed E-state index contributed by atoms with van der Waals surface area (Å²) in [5.74, 6) is -0.0470. The number of carbonyl (C=O) groups is 1. The van der Waals surface area contributed by atoms with Gasteiger partial charge in [-0.1, -0.05) is 49.4 Å². The Balaban J connectivity index is 1.36. The minimum absolute atomic E-state index is 0.171. The fourth-order valence-corrected chi connectivity index (χ4v) is 4.97. The fourth-order valence-electron chi connectivity index (χ4n) is 4.97. The summed E-state index contributed by atoms with van der Waals surface area (Å²) in [6, 6.07) is 19.0. The van der Waals surface area contributed by atoms with Gasteiger partial charge in [0.1, 0.15) is 0 Å². The summed E-state index contributed by atoms with van der Waals surface area (Å²) in [4.78, 5) is 18.8. The van der Waals surface area contributed by atoms with E-state index in [4.69, 9.17) is 9.47 Å². The van der Waals surface area contributed by atoms with Crippen molar-refractivity contribution in [2.45, 2.75) is 38.4 Å². The molecule has 2 fully saturated rings. The molecule has 1 saturated carbocycles. The Bertz CT molecular complexity index is 1120. The van der Waals surface area contributed by atoms with Gasteiger partial charge in [0.15, 0.2) is 5.79 Å². The van der Waals surface area contributed by atoms with E-state index >= 15 is 0 Å². The van der Waals surface area contributed by atoms with Crippen molar-refractivity contribution in [3.05, 3.63) is 66.4 Å². The van der Waals surface area contributed by atoms with Crippen LogP contribution in [0.5, 0.6) is 0 Å². The van der Waals surface area contributed by atoms with E-state index in [9.17, 15) is 4.79 Å². The second kappa shape index (κ2) is 9.24. The summed E-state index contributed by atoms with van der Waals surface area (Å²) in [6.07, 6.45) is 5.67. The van der Waals surface area contributed by atoms with Gasteiger partial charge in [0.2, 0.25) is 5.91 Å². The number of benzene rings is 2. The summed E-state index contributed by atoms with van der Waals surface area (Å²) >= 11 is 0. The second-order valence-corrected chi connectivity index (χ2v) is 9.28. The van der Waals surface area contributed by atoms with Gasteiger partial charge in [0, 0.05) is 42.6 Å². The van der Waals surface area contributed by atoms with Crippen LogP contribution in [0.2, 0.25) is 0 Å². The van der Waals surface area contributed by atoms with Gasteiger partial charge in [0.05, 0.1) is 18.7 Å². The summed E-state index contributed by atoms with van der Waals surface area (Å²) in [5.41, 5.74) is 4.32. The van der Waals surface area contributed by atoms with Crippen LogP contribution in [0.15, 0.2) is 60.8 Å². The zero-order valence-electron chi connectivity index (χ0n) is 19.5. The standard InChI is InChI=1S/C28H32N2O3/c1-3-24(14-16-30(2)27(31)22-7-8-22)28(32-17-18-33-28)25-12-10-20(11-13-25)23-9-6-21-5-4-15-29-26(21)19-23/h4-6,9-13,15,19,22,24H,3,7-8,14,16-18H2,1-2H3. The average Bonchev–Trinajstić information content (AvgIpc) is 3.60. The molecular weight excluding hydrogens is 412 g/mol. The molecule has 0 spiro atoms. The lowest BCUT2D eigenvalue weighted by Crippen LogP contribution is -2.39. The molecule has 1 saturated heterocycles. The molecule has 1 aliphatic carbocycles. The van der Waals surface area contributed by atoms with Gasteiger partial charge < -0.3 is 14.4 Å². The van der Waals surface area contributed by atoms with E-state index in [1.165, 1.54) is 0 Å². The number of ether oxygens (including phenoxy) is 2. The monoisotopic (exact) mass is 444 g/mol. The number of nitrogens with zero attached hydrogens (tertiary/aromatic N) is 2. The maximum atomic E-state index is 12.4. The van der Waals surface area contributed by atoms with Crippen molar-refractivity contribution in [1.29, 1.82) is 0 Å². The van der Waals surface area contributed by atoms with Crippen LogP contribution < -0.4 is 0 Å². The van der Waals surface area contributed by atoms with Crippen molar-refractivity contribution >= 4 is 16.8 Å². The lowest BCUT2D eigenvalue weighted by atomic mass is 9.86. The van der Waals surface area contributed by atoms with Crippen LogP contribution in [0.3, 0.4) is 0 Å². The fraction of sp³-hybridized carbons (Fsp3) is 0.429. The van der Waals surface area contributed by atoms with Crippen molar-refractivity contribution in [1.82, 2.24) is 9.88 Å². The van der Waals surface area contributed by atoms with Gasteiger partial charge in [-0.15, -0.1) is 0 Å². The van der Waals surface area contributed by atoms with Gasteiger partial charge in [-0.3, -0.25) is 9.78 Å². The van der Waals surface area contributed by atoms with E-state index in [1.54, 1.807) is 0 Å². The van der Waals surface area contributed by atoms with E-state index < -0.39 is 5.79 Å². The first-order valence-electron chi connectivity index (χ1n) is 12.1. The quantitative estimate of drug-likeness (QED) is 0.468. The third-order valence-corrected chi connectivity index (χ3v) is 7.09. The first-order valence-corrected chi connectivity index (χ1v) is 12.1. The number of carbonyl (C=O) groups excluding carboxylic acids is 1. The van der Waals surface area contributed by atoms with Crippen LogP contribution in [0, 0.1) is 11.8 Å². The highest BCUT2D eigenvalue weighted by atomic mass is 16.7.